The fourth-order valence-corrected chi connectivity index (χ4v) is 2.47. The Labute approximate surface area is 161 Å². The third-order valence-electron chi connectivity index (χ3n) is 4.14. The summed E-state index contributed by atoms with van der Waals surface area (Å²) in [5, 5.41) is 10.4. The molecule has 1 atom stereocenters. The molecule has 144 valence electrons. The minimum Gasteiger partial charge on any atom is -0.451 e. The maximum Gasteiger partial charge on any atom is 0.340 e. The highest BCUT2D eigenvalue weighted by molar-refractivity contribution is 6.02. The number of carbonyl (C=O) groups is 3. The minimum atomic E-state index is -0.958. The number of benzene rings is 1. The van der Waals surface area contributed by atoms with Crippen molar-refractivity contribution in [2.45, 2.75) is 26.9 Å². The highest BCUT2D eigenvalue weighted by atomic mass is 16.5. The molecule has 8 heteroatoms. The van der Waals surface area contributed by atoms with Gasteiger partial charge in [0.1, 0.15) is 6.33 Å². The zero-order chi connectivity index (χ0) is 20.3. The second-order valence-corrected chi connectivity index (χ2v) is 6.65. The number of nitrogens with one attached hydrogen (secondary N) is 1. The van der Waals surface area contributed by atoms with Crippen molar-refractivity contribution in [2.75, 3.05) is 5.32 Å². The summed E-state index contributed by atoms with van der Waals surface area (Å²) in [6, 6.07) is 9.66. The molecule has 0 spiro atoms. The molecule has 1 amide bonds. The lowest BCUT2D eigenvalue weighted by Crippen LogP contribution is -2.24. The molecule has 1 unspecified atom stereocenters. The van der Waals surface area contributed by atoms with Gasteiger partial charge in [0.25, 0.3) is 0 Å². The molecular weight excluding hydrogens is 360 g/mol. The van der Waals surface area contributed by atoms with Crippen molar-refractivity contribution in [3.8, 4) is 0 Å². The van der Waals surface area contributed by atoms with E-state index in [9.17, 15) is 14.4 Å². The lowest BCUT2D eigenvalue weighted by atomic mass is 10.1. The topological polar surface area (TPSA) is 103 Å². The number of amides is 1. The van der Waals surface area contributed by atoms with Crippen LogP contribution in [-0.2, 0) is 9.53 Å². The Bertz CT molecular complexity index is 1020. The van der Waals surface area contributed by atoms with Crippen LogP contribution in [0.4, 0.5) is 5.69 Å². The van der Waals surface area contributed by atoms with Crippen molar-refractivity contribution >= 4 is 29.0 Å². The Kier molecular flexibility index (Phi) is 5.49. The molecule has 2 heterocycles. The van der Waals surface area contributed by atoms with Crippen molar-refractivity contribution in [1.29, 1.82) is 0 Å². The molecule has 3 aromatic rings. The normalized spacial score (nSPS) is 12.0. The molecule has 0 fully saturated rings. The highest BCUT2D eigenvalue weighted by Gasteiger charge is 2.21. The quantitative estimate of drug-likeness (QED) is 0.521. The number of ether oxygens (including phenoxy) is 1. The molecular formula is C20H20N4O4. The van der Waals surface area contributed by atoms with E-state index in [-0.39, 0.29) is 17.6 Å². The van der Waals surface area contributed by atoms with Crippen LogP contribution >= 0.6 is 0 Å². The molecule has 1 N–H and O–H groups in total. The Hall–Kier alpha value is -3.55. The van der Waals surface area contributed by atoms with E-state index in [1.54, 1.807) is 60.8 Å². The van der Waals surface area contributed by atoms with Gasteiger partial charge in [-0.15, -0.1) is 10.2 Å². The van der Waals surface area contributed by atoms with Gasteiger partial charge < -0.3 is 10.1 Å². The largest absolute Gasteiger partial charge is 0.451 e. The second kappa shape index (κ2) is 7.99. The van der Waals surface area contributed by atoms with Crippen molar-refractivity contribution < 1.29 is 19.1 Å². The number of anilines is 1. The van der Waals surface area contributed by atoms with E-state index in [2.05, 4.69) is 15.5 Å². The van der Waals surface area contributed by atoms with Gasteiger partial charge in [0, 0.05) is 23.4 Å². The number of esters is 1. The van der Waals surface area contributed by atoms with Crippen molar-refractivity contribution in [3.05, 3.63) is 60.0 Å². The first-order valence-electron chi connectivity index (χ1n) is 8.80. The summed E-state index contributed by atoms with van der Waals surface area (Å²) in [5.74, 6) is -1.19. The Balaban J connectivity index is 1.64. The van der Waals surface area contributed by atoms with Crippen LogP contribution in [0.15, 0.2) is 48.9 Å². The summed E-state index contributed by atoms with van der Waals surface area (Å²) in [5.41, 5.74) is 1.88. The number of fused-ring (bicyclic) bond motifs is 1. The fourth-order valence-electron chi connectivity index (χ4n) is 2.47. The predicted octanol–water partition coefficient (Wildman–Crippen LogP) is 2.75. The summed E-state index contributed by atoms with van der Waals surface area (Å²) < 4.78 is 6.88. The lowest BCUT2D eigenvalue weighted by Gasteiger charge is -2.13. The summed E-state index contributed by atoms with van der Waals surface area (Å²) in [6.07, 6.45) is 2.06. The number of aromatic nitrogens is 3. The van der Waals surface area contributed by atoms with E-state index in [0.717, 1.165) is 0 Å². The van der Waals surface area contributed by atoms with Crippen LogP contribution in [0.1, 0.15) is 41.5 Å². The summed E-state index contributed by atoms with van der Waals surface area (Å²) in [4.78, 5) is 36.6. The molecule has 8 nitrogen and oxygen atoms in total. The van der Waals surface area contributed by atoms with Gasteiger partial charge in [-0.3, -0.25) is 14.0 Å². The summed E-state index contributed by atoms with van der Waals surface area (Å²) in [7, 11) is 0. The van der Waals surface area contributed by atoms with Gasteiger partial charge in [0.2, 0.25) is 11.7 Å². The molecule has 0 bridgehead atoms. The predicted molar refractivity (Wildman–Crippen MR) is 102 cm³/mol. The third kappa shape index (κ3) is 4.22. The molecule has 0 aliphatic carbocycles. The Morgan fingerprint density at radius 1 is 1.00 bits per heavy atom. The smallest absolute Gasteiger partial charge is 0.340 e. The summed E-state index contributed by atoms with van der Waals surface area (Å²) >= 11 is 0. The first kappa shape index (κ1) is 19.2. The molecule has 0 aliphatic heterocycles. The van der Waals surface area contributed by atoms with Gasteiger partial charge in [0.15, 0.2) is 11.8 Å². The van der Waals surface area contributed by atoms with E-state index in [4.69, 9.17) is 4.74 Å². The van der Waals surface area contributed by atoms with Crippen molar-refractivity contribution in [3.63, 3.8) is 0 Å². The van der Waals surface area contributed by atoms with Crippen LogP contribution in [0.2, 0.25) is 0 Å². The van der Waals surface area contributed by atoms with Gasteiger partial charge in [-0.1, -0.05) is 13.8 Å². The minimum absolute atomic E-state index is 0.105. The number of hydrogen-bond donors (Lipinski definition) is 1. The van der Waals surface area contributed by atoms with Crippen LogP contribution in [0, 0.1) is 5.92 Å². The standard InChI is InChI=1S/C20H20N4O4/c1-12(2)19(26)22-16-7-4-14(5-8-16)18(25)13(3)28-20(27)15-6-9-17-23-21-11-24(17)10-15/h4-13H,1-3H3,(H,22,26). The maximum absolute atomic E-state index is 12.5. The Morgan fingerprint density at radius 2 is 1.68 bits per heavy atom. The number of carbonyl (C=O) groups excluding carboxylic acids is 3. The molecule has 0 saturated heterocycles. The number of ketones is 1. The monoisotopic (exact) mass is 380 g/mol. The average molecular weight is 380 g/mol. The van der Waals surface area contributed by atoms with Gasteiger partial charge in [-0.25, -0.2) is 4.79 Å². The third-order valence-corrected chi connectivity index (χ3v) is 4.14. The van der Waals surface area contributed by atoms with Crippen molar-refractivity contribution in [2.24, 2.45) is 5.92 Å². The Morgan fingerprint density at radius 3 is 2.36 bits per heavy atom. The maximum atomic E-state index is 12.5. The van der Waals surface area contributed by atoms with Gasteiger partial charge >= 0.3 is 5.97 Å². The number of hydrogen-bond acceptors (Lipinski definition) is 6. The number of nitrogens with zero attached hydrogens (tertiary/aromatic N) is 3. The molecule has 1 aromatic carbocycles. The van der Waals surface area contributed by atoms with Crippen LogP contribution in [0.5, 0.6) is 0 Å². The average Bonchev–Trinajstić information content (AvgIpc) is 3.15. The van der Waals surface area contributed by atoms with E-state index < -0.39 is 12.1 Å². The van der Waals surface area contributed by atoms with Crippen LogP contribution in [0.3, 0.4) is 0 Å². The number of rotatable bonds is 6. The lowest BCUT2D eigenvalue weighted by molar-refractivity contribution is -0.118. The van der Waals surface area contributed by atoms with Gasteiger partial charge in [-0.2, -0.15) is 0 Å². The first-order chi connectivity index (χ1) is 13.3. The second-order valence-electron chi connectivity index (χ2n) is 6.65. The van der Waals surface area contributed by atoms with Crippen molar-refractivity contribution in [1.82, 2.24) is 14.6 Å². The van der Waals surface area contributed by atoms with Crippen LogP contribution in [0.25, 0.3) is 5.65 Å². The molecule has 2 aromatic heterocycles. The molecule has 0 radical (unpaired) electrons. The molecule has 0 saturated carbocycles. The fraction of sp³-hybridized carbons (Fsp3) is 0.250. The van der Waals surface area contributed by atoms with Crippen LogP contribution in [-0.4, -0.2) is 38.4 Å². The number of pyridine rings is 1. The highest BCUT2D eigenvalue weighted by Crippen LogP contribution is 2.15. The SMILES string of the molecule is CC(C)C(=O)Nc1ccc(C(=O)C(C)OC(=O)c2ccc3nncn3c2)cc1. The summed E-state index contributed by atoms with van der Waals surface area (Å²) in [6.45, 7) is 5.11. The van der Waals surface area contributed by atoms with E-state index in [0.29, 0.717) is 22.5 Å². The molecule has 3 rings (SSSR count). The van der Waals surface area contributed by atoms with Gasteiger partial charge in [-0.05, 0) is 43.3 Å². The number of Topliss-reactive ketones (excluding diaryl/α,β-unsaturated/α-hetero) is 1. The zero-order valence-corrected chi connectivity index (χ0v) is 15.7. The van der Waals surface area contributed by atoms with E-state index in [1.807, 2.05) is 0 Å². The molecule has 28 heavy (non-hydrogen) atoms. The van der Waals surface area contributed by atoms with Gasteiger partial charge in [0.05, 0.1) is 5.56 Å². The van der Waals surface area contributed by atoms with Crippen LogP contribution < -0.4 is 5.32 Å². The van der Waals surface area contributed by atoms with E-state index in [1.165, 1.54) is 13.3 Å². The zero-order valence-electron chi connectivity index (χ0n) is 15.7. The first-order valence-corrected chi connectivity index (χ1v) is 8.80. The molecule has 0 aliphatic rings. The van der Waals surface area contributed by atoms with E-state index >= 15 is 0 Å².